The normalized spacial score (nSPS) is 7.81. The molecule has 2 aromatic carbocycles. The monoisotopic (exact) mass is 326 g/mol. The maximum atomic E-state index is 8.07. The third-order valence-corrected chi connectivity index (χ3v) is 2.13. The second-order valence-electron chi connectivity index (χ2n) is 4.08. The van der Waals surface area contributed by atoms with Crippen LogP contribution in [0.2, 0.25) is 0 Å². The van der Waals surface area contributed by atoms with Gasteiger partial charge >= 0.3 is 21.7 Å². The van der Waals surface area contributed by atoms with E-state index in [9.17, 15) is 0 Å². The van der Waals surface area contributed by atoms with Gasteiger partial charge in [0.25, 0.3) is 0 Å². The molecule has 0 aromatic heterocycles. The molecule has 2 aromatic rings. The number of unbranched alkanes of at least 4 members (excludes halogenated alkanes) is 2. The van der Waals surface area contributed by atoms with Crippen LogP contribution in [0.1, 0.15) is 39.5 Å². The van der Waals surface area contributed by atoms with Crippen LogP contribution in [0.3, 0.4) is 0 Å². The van der Waals surface area contributed by atoms with Crippen LogP contribution in [0, 0.1) is 0 Å². The first-order valence-electron chi connectivity index (χ1n) is 7.38. The predicted octanol–water partition coefficient (Wildman–Crippen LogP) is 4.37. The SMILES string of the molecule is CCCCO.CCCCO.[Ti+2].c1cc[cH-]c1.c1cc[cH-]c1. The van der Waals surface area contributed by atoms with E-state index in [2.05, 4.69) is 13.8 Å². The second-order valence-corrected chi connectivity index (χ2v) is 4.08. The summed E-state index contributed by atoms with van der Waals surface area (Å²) in [7, 11) is 0. The van der Waals surface area contributed by atoms with Crippen molar-refractivity contribution in [2.24, 2.45) is 0 Å². The Bertz CT molecular complexity index is 220. The van der Waals surface area contributed by atoms with Gasteiger partial charge in [-0.25, -0.2) is 24.3 Å². The third-order valence-electron chi connectivity index (χ3n) is 2.13. The first-order valence-corrected chi connectivity index (χ1v) is 7.38. The molecule has 2 rings (SSSR count). The van der Waals surface area contributed by atoms with Crippen LogP contribution in [0.5, 0.6) is 0 Å². The van der Waals surface area contributed by atoms with Crippen molar-refractivity contribution in [1.29, 1.82) is 0 Å². The fourth-order valence-electron chi connectivity index (χ4n) is 0.958. The van der Waals surface area contributed by atoms with E-state index in [1.54, 1.807) is 0 Å². The zero-order valence-corrected chi connectivity index (χ0v) is 15.0. The summed E-state index contributed by atoms with van der Waals surface area (Å²) in [5, 5.41) is 16.1. The number of aliphatic hydroxyl groups excluding tert-OH is 2. The molecule has 21 heavy (non-hydrogen) atoms. The summed E-state index contributed by atoms with van der Waals surface area (Å²) in [6.07, 6.45) is 4.08. The molecule has 0 aliphatic heterocycles. The summed E-state index contributed by atoms with van der Waals surface area (Å²) in [6, 6.07) is 20.0. The molecule has 0 amide bonds. The first kappa shape index (κ1) is 25.3. The number of rotatable bonds is 4. The van der Waals surface area contributed by atoms with Crippen LogP contribution >= 0.6 is 0 Å². The quantitative estimate of drug-likeness (QED) is 0.647. The maximum absolute atomic E-state index is 8.07. The van der Waals surface area contributed by atoms with Gasteiger partial charge in [-0.2, -0.15) is 36.4 Å². The molecule has 118 valence electrons. The van der Waals surface area contributed by atoms with Crippen LogP contribution in [-0.4, -0.2) is 23.4 Å². The standard InChI is InChI=1S/2C5H5.2C4H10O.Ti/c2*1-2-4-5-3-1;2*1-2-3-4-5;/h2*1-5H;2*5H,2-4H2,1H3;/q2*-1;;;+2. The number of hydrogen-bond acceptors (Lipinski definition) is 2. The van der Waals surface area contributed by atoms with Gasteiger partial charge in [0.2, 0.25) is 0 Å². The molecule has 2 nitrogen and oxygen atoms in total. The van der Waals surface area contributed by atoms with Crippen molar-refractivity contribution in [3.05, 3.63) is 60.7 Å². The van der Waals surface area contributed by atoms with Crippen molar-refractivity contribution in [3.8, 4) is 0 Å². The van der Waals surface area contributed by atoms with Crippen LogP contribution in [0.25, 0.3) is 0 Å². The smallest absolute Gasteiger partial charge is 0.396 e. The molecular formula is C18H30O2Ti. The largest absolute Gasteiger partial charge is 2.00 e. The molecule has 0 atom stereocenters. The molecule has 0 saturated heterocycles. The molecule has 0 aliphatic carbocycles. The van der Waals surface area contributed by atoms with Gasteiger partial charge in [-0.3, -0.25) is 0 Å². The maximum Gasteiger partial charge on any atom is 2.00 e. The van der Waals surface area contributed by atoms with Crippen LogP contribution in [0.4, 0.5) is 0 Å². The fraction of sp³-hybridized carbons (Fsp3) is 0.444. The minimum atomic E-state index is 0. The molecule has 0 bridgehead atoms. The van der Waals surface area contributed by atoms with E-state index in [0.717, 1.165) is 25.7 Å². The Balaban J connectivity index is -0.000000202. The van der Waals surface area contributed by atoms with Crippen molar-refractivity contribution in [3.63, 3.8) is 0 Å². The summed E-state index contributed by atoms with van der Waals surface area (Å²) < 4.78 is 0. The third kappa shape index (κ3) is 32.7. The molecular weight excluding hydrogens is 296 g/mol. The summed E-state index contributed by atoms with van der Waals surface area (Å²) in [5.74, 6) is 0. The van der Waals surface area contributed by atoms with Gasteiger partial charge in [0.15, 0.2) is 0 Å². The predicted molar refractivity (Wildman–Crippen MR) is 88.1 cm³/mol. The van der Waals surface area contributed by atoms with Gasteiger partial charge in [0.1, 0.15) is 0 Å². The summed E-state index contributed by atoms with van der Waals surface area (Å²) >= 11 is 0. The molecule has 0 heterocycles. The number of aliphatic hydroxyl groups is 2. The van der Waals surface area contributed by atoms with Crippen molar-refractivity contribution in [2.75, 3.05) is 13.2 Å². The Morgan fingerprint density at radius 1 is 0.667 bits per heavy atom. The van der Waals surface area contributed by atoms with Crippen molar-refractivity contribution in [2.45, 2.75) is 39.5 Å². The average Bonchev–Trinajstić information content (AvgIpc) is 3.20. The van der Waals surface area contributed by atoms with Crippen molar-refractivity contribution < 1.29 is 31.9 Å². The van der Waals surface area contributed by atoms with Gasteiger partial charge < -0.3 is 10.2 Å². The van der Waals surface area contributed by atoms with Gasteiger partial charge in [-0.1, -0.05) is 26.7 Å². The van der Waals surface area contributed by atoms with E-state index in [1.165, 1.54) is 0 Å². The average molecular weight is 326 g/mol. The van der Waals surface area contributed by atoms with Crippen LogP contribution < -0.4 is 0 Å². The minimum Gasteiger partial charge on any atom is -0.396 e. The van der Waals surface area contributed by atoms with E-state index in [-0.39, 0.29) is 21.7 Å². The minimum absolute atomic E-state index is 0. The van der Waals surface area contributed by atoms with Crippen LogP contribution in [-0.2, 0) is 21.7 Å². The molecule has 3 heteroatoms. The molecule has 0 spiro atoms. The fourth-order valence-corrected chi connectivity index (χ4v) is 0.958. The van der Waals surface area contributed by atoms with Gasteiger partial charge in [0, 0.05) is 13.2 Å². The second kappa shape index (κ2) is 27.6. The molecule has 0 radical (unpaired) electrons. The van der Waals surface area contributed by atoms with Gasteiger partial charge in [-0.05, 0) is 12.8 Å². The van der Waals surface area contributed by atoms with Gasteiger partial charge in [-0.15, -0.1) is 0 Å². The summed E-state index contributed by atoms with van der Waals surface area (Å²) in [6.45, 7) is 4.79. The Morgan fingerprint density at radius 2 is 0.952 bits per heavy atom. The van der Waals surface area contributed by atoms with E-state index in [0.29, 0.717) is 13.2 Å². The van der Waals surface area contributed by atoms with E-state index < -0.39 is 0 Å². The van der Waals surface area contributed by atoms with Crippen molar-refractivity contribution >= 4 is 0 Å². The molecule has 0 aliphatic rings. The Labute approximate surface area is 145 Å². The van der Waals surface area contributed by atoms with Crippen molar-refractivity contribution in [1.82, 2.24) is 0 Å². The molecule has 0 fully saturated rings. The zero-order valence-electron chi connectivity index (χ0n) is 13.4. The Kier molecular flexibility index (Phi) is 33.3. The Hall–Kier alpha value is -0.666. The molecule has 0 unspecified atom stereocenters. The van der Waals surface area contributed by atoms with E-state index in [4.69, 9.17) is 10.2 Å². The molecule has 2 N–H and O–H groups in total. The topological polar surface area (TPSA) is 40.5 Å². The summed E-state index contributed by atoms with van der Waals surface area (Å²) in [4.78, 5) is 0. The zero-order chi connectivity index (χ0) is 15.3. The first-order chi connectivity index (χ1) is 9.83. The van der Waals surface area contributed by atoms with E-state index in [1.807, 2.05) is 60.7 Å². The Morgan fingerprint density at radius 3 is 1.00 bits per heavy atom. The van der Waals surface area contributed by atoms with Crippen LogP contribution in [0.15, 0.2) is 60.7 Å². The van der Waals surface area contributed by atoms with E-state index >= 15 is 0 Å². The summed E-state index contributed by atoms with van der Waals surface area (Å²) in [5.41, 5.74) is 0. The molecule has 0 saturated carbocycles. The number of hydrogen-bond donors (Lipinski definition) is 2. The van der Waals surface area contributed by atoms with Gasteiger partial charge in [0.05, 0.1) is 0 Å².